The standard InChI is InChI=1S/C18H17N5O3S/c1-12(15(24)21-17(25)20-10-13-6-3-2-4-7-13)27-18-23-22-16(26-18)14-8-5-9-19-11-14/h2-9,11-12H,10H2,1H3,(H2,20,21,24,25)/t12-/m1/s1. The number of carbonyl (C=O) groups is 2. The number of hydrogen-bond acceptors (Lipinski definition) is 7. The van der Waals surface area contributed by atoms with Gasteiger partial charge >= 0.3 is 6.03 Å². The van der Waals surface area contributed by atoms with E-state index in [-0.39, 0.29) is 5.22 Å². The van der Waals surface area contributed by atoms with Gasteiger partial charge in [0.2, 0.25) is 11.8 Å². The van der Waals surface area contributed by atoms with Gasteiger partial charge in [0.15, 0.2) is 0 Å². The van der Waals surface area contributed by atoms with Crippen molar-refractivity contribution in [3.63, 3.8) is 0 Å². The molecule has 0 saturated carbocycles. The van der Waals surface area contributed by atoms with Gasteiger partial charge in [-0.15, -0.1) is 10.2 Å². The molecular weight excluding hydrogens is 366 g/mol. The zero-order chi connectivity index (χ0) is 19.1. The second-order valence-electron chi connectivity index (χ2n) is 5.53. The van der Waals surface area contributed by atoms with E-state index in [1.165, 1.54) is 0 Å². The Kier molecular flexibility index (Phi) is 6.16. The average Bonchev–Trinajstić information content (AvgIpc) is 3.16. The van der Waals surface area contributed by atoms with Gasteiger partial charge in [-0.25, -0.2) is 4.79 Å². The highest BCUT2D eigenvalue weighted by molar-refractivity contribution is 8.00. The van der Waals surface area contributed by atoms with Crippen molar-refractivity contribution >= 4 is 23.7 Å². The van der Waals surface area contributed by atoms with E-state index in [0.29, 0.717) is 18.0 Å². The normalized spacial score (nSPS) is 11.6. The first-order valence-corrected chi connectivity index (χ1v) is 9.03. The van der Waals surface area contributed by atoms with Crippen LogP contribution in [0.25, 0.3) is 11.5 Å². The van der Waals surface area contributed by atoms with Crippen molar-refractivity contribution in [1.29, 1.82) is 0 Å². The van der Waals surface area contributed by atoms with Gasteiger partial charge in [-0.3, -0.25) is 15.1 Å². The Hall–Kier alpha value is -3.20. The van der Waals surface area contributed by atoms with Crippen LogP contribution in [0.4, 0.5) is 4.79 Å². The molecule has 0 saturated heterocycles. The highest BCUT2D eigenvalue weighted by atomic mass is 32.2. The fourth-order valence-corrected chi connectivity index (χ4v) is 2.79. The summed E-state index contributed by atoms with van der Waals surface area (Å²) in [6.45, 7) is 1.98. The fourth-order valence-electron chi connectivity index (χ4n) is 2.10. The molecule has 1 aromatic carbocycles. The first-order valence-electron chi connectivity index (χ1n) is 8.15. The Morgan fingerprint density at radius 2 is 1.96 bits per heavy atom. The van der Waals surface area contributed by atoms with Gasteiger partial charge in [-0.2, -0.15) is 0 Å². The minimum atomic E-state index is -0.588. The van der Waals surface area contributed by atoms with Crippen LogP contribution in [0.3, 0.4) is 0 Å². The summed E-state index contributed by atoms with van der Waals surface area (Å²) in [5.41, 5.74) is 1.63. The zero-order valence-electron chi connectivity index (χ0n) is 14.5. The molecule has 3 amide bonds. The number of rotatable bonds is 6. The van der Waals surface area contributed by atoms with Crippen LogP contribution in [-0.2, 0) is 11.3 Å². The highest BCUT2D eigenvalue weighted by Gasteiger charge is 2.20. The average molecular weight is 383 g/mol. The molecule has 1 atom stereocenters. The number of nitrogens with one attached hydrogen (secondary N) is 2. The van der Waals surface area contributed by atoms with Crippen molar-refractivity contribution in [2.45, 2.75) is 23.9 Å². The van der Waals surface area contributed by atoms with Crippen LogP contribution in [0.2, 0.25) is 0 Å². The molecule has 2 aromatic heterocycles. The smallest absolute Gasteiger partial charge is 0.321 e. The lowest BCUT2D eigenvalue weighted by molar-refractivity contribution is -0.119. The van der Waals surface area contributed by atoms with Gasteiger partial charge < -0.3 is 9.73 Å². The lowest BCUT2D eigenvalue weighted by Gasteiger charge is -2.10. The summed E-state index contributed by atoms with van der Waals surface area (Å²) in [4.78, 5) is 28.0. The van der Waals surface area contributed by atoms with Crippen LogP contribution < -0.4 is 10.6 Å². The summed E-state index contributed by atoms with van der Waals surface area (Å²) in [7, 11) is 0. The molecule has 8 nitrogen and oxygen atoms in total. The largest absolute Gasteiger partial charge is 0.411 e. The SMILES string of the molecule is C[C@@H](Sc1nnc(-c2cccnc2)o1)C(=O)NC(=O)NCc1ccccc1. The maximum Gasteiger partial charge on any atom is 0.321 e. The van der Waals surface area contributed by atoms with Gasteiger partial charge in [0.05, 0.1) is 10.8 Å². The van der Waals surface area contributed by atoms with E-state index in [1.54, 1.807) is 31.5 Å². The van der Waals surface area contributed by atoms with Gasteiger partial charge in [0, 0.05) is 18.9 Å². The molecule has 3 aromatic rings. The number of hydrogen-bond donors (Lipinski definition) is 2. The molecule has 0 spiro atoms. The summed E-state index contributed by atoms with van der Waals surface area (Å²) in [6, 6.07) is 12.4. The van der Waals surface area contributed by atoms with Crippen LogP contribution >= 0.6 is 11.8 Å². The molecule has 0 aliphatic rings. The molecule has 3 rings (SSSR count). The summed E-state index contributed by atoms with van der Waals surface area (Å²) in [6.07, 6.45) is 3.25. The zero-order valence-corrected chi connectivity index (χ0v) is 15.3. The fraction of sp³-hybridized carbons (Fsp3) is 0.167. The van der Waals surface area contributed by atoms with Crippen molar-refractivity contribution < 1.29 is 14.0 Å². The molecule has 0 unspecified atom stereocenters. The van der Waals surface area contributed by atoms with Gasteiger partial charge in [-0.1, -0.05) is 42.1 Å². The van der Waals surface area contributed by atoms with E-state index in [4.69, 9.17) is 4.42 Å². The Morgan fingerprint density at radius 3 is 2.70 bits per heavy atom. The maximum atomic E-state index is 12.2. The van der Waals surface area contributed by atoms with Crippen LogP contribution in [0.1, 0.15) is 12.5 Å². The lowest BCUT2D eigenvalue weighted by atomic mass is 10.2. The highest BCUT2D eigenvalue weighted by Crippen LogP contribution is 2.25. The number of pyridine rings is 1. The number of thioether (sulfide) groups is 1. The second kappa shape index (κ2) is 8.95. The van der Waals surface area contributed by atoms with Crippen molar-refractivity contribution in [1.82, 2.24) is 25.8 Å². The molecule has 0 aliphatic heterocycles. The molecule has 9 heteroatoms. The van der Waals surface area contributed by atoms with Crippen molar-refractivity contribution in [3.05, 3.63) is 60.4 Å². The van der Waals surface area contributed by atoms with Crippen LogP contribution in [0, 0.1) is 0 Å². The molecular formula is C18H17N5O3S. The number of nitrogens with zero attached hydrogens (tertiary/aromatic N) is 3. The van der Waals surface area contributed by atoms with E-state index in [9.17, 15) is 9.59 Å². The Labute approximate surface area is 159 Å². The van der Waals surface area contributed by atoms with Crippen LogP contribution in [0.15, 0.2) is 64.5 Å². The molecule has 0 aliphatic carbocycles. The predicted octanol–water partition coefficient (Wildman–Crippen LogP) is 2.64. The molecule has 0 bridgehead atoms. The summed E-state index contributed by atoms with van der Waals surface area (Å²) < 4.78 is 5.52. The van der Waals surface area contributed by atoms with Crippen molar-refractivity contribution in [2.24, 2.45) is 0 Å². The Morgan fingerprint density at radius 1 is 1.15 bits per heavy atom. The third-order valence-corrected chi connectivity index (χ3v) is 4.43. The third-order valence-electron chi connectivity index (χ3n) is 3.49. The topological polar surface area (TPSA) is 110 Å². The van der Waals surface area contributed by atoms with Crippen molar-refractivity contribution in [3.8, 4) is 11.5 Å². The van der Waals surface area contributed by atoms with Gasteiger partial charge in [0.25, 0.3) is 5.22 Å². The predicted molar refractivity (Wildman–Crippen MR) is 99.7 cm³/mol. The quantitative estimate of drug-likeness (QED) is 0.630. The molecule has 27 heavy (non-hydrogen) atoms. The lowest BCUT2D eigenvalue weighted by Crippen LogP contribution is -2.42. The molecule has 0 fully saturated rings. The van der Waals surface area contributed by atoms with Gasteiger partial charge in [0.1, 0.15) is 0 Å². The van der Waals surface area contributed by atoms with Crippen LogP contribution in [0.5, 0.6) is 0 Å². The van der Waals surface area contributed by atoms with E-state index in [0.717, 1.165) is 17.3 Å². The number of imide groups is 1. The molecule has 0 radical (unpaired) electrons. The Bertz CT molecular complexity index is 902. The number of benzene rings is 1. The summed E-state index contributed by atoms with van der Waals surface area (Å²) in [5, 5.41) is 12.4. The van der Waals surface area contributed by atoms with Crippen LogP contribution in [-0.4, -0.2) is 32.4 Å². The number of carbonyl (C=O) groups excluding carboxylic acids is 2. The minimum Gasteiger partial charge on any atom is -0.411 e. The second-order valence-corrected chi connectivity index (χ2v) is 6.82. The number of urea groups is 1. The van der Waals surface area contributed by atoms with E-state index >= 15 is 0 Å². The van der Waals surface area contributed by atoms with E-state index in [1.807, 2.05) is 30.3 Å². The molecule has 2 N–H and O–H groups in total. The number of amides is 3. The summed E-state index contributed by atoms with van der Waals surface area (Å²) >= 11 is 1.07. The maximum absolute atomic E-state index is 12.2. The minimum absolute atomic E-state index is 0.237. The van der Waals surface area contributed by atoms with Crippen molar-refractivity contribution in [2.75, 3.05) is 0 Å². The molecule has 2 heterocycles. The first-order chi connectivity index (χ1) is 13.1. The third kappa shape index (κ3) is 5.38. The van der Waals surface area contributed by atoms with E-state index < -0.39 is 17.2 Å². The Balaban J connectivity index is 1.49. The van der Waals surface area contributed by atoms with Gasteiger partial charge in [-0.05, 0) is 24.6 Å². The van der Waals surface area contributed by atoms with E-state index in [2.05, 4.69) is 25.8 Å². The number of aromatic nitrogens is 3. The monoisotopic (exact) mass is 383 g/mol. The first kappa shape index (κ1) is 18.6. The molecule has 138 valence electrons. The summed E-state index contributed by atoms with van der Waals surface area (Å²) in [5.74, 6) is -0.134.